The summed E-state index contributed by atoms with van der Waals surface area (Å²) in [5, 5.41) is 9.58. The number of carbonyl (C=O) groups excluding carboxylic acids is 2. The van der Waals surface area contributed by atoms with E-state index in [9.17, 15) is 9.59 Å². The van der Waals surface area contributed by atoms with E-state index in [1.807, 2.05) is 6.92 Å². The second-order valence-corrected chi connectivity index (χ2v) is 8.26. The van der Waals surface area contributed by atoms with Crippen LogP contribution in [0.4, 0.5) is 0 Å². The second-order valence-electron chi connectivity index (χ2n) is 7.20. The van der Waals surface area contributed by atoms with Crippen LogP contribution in [0.25, 0.3) is 0 Å². The smallest absolute Gasteiger partial charge is 0.261 e. The molecule has 0 bridgehead atoms. The molecule has 2 aliphatic rings. The standard InChI is InChI=1S/C20H24N4O2S/c1-14-21-22-20(24(14)15-8-3-2-4-9-15)27-13-7-12-23-18(25)16-10-5-6-11-17(16)19(23)26/h5-6,10-11,15H,2-4,7-9,12-13H2,1H3. The molecular formula is C20H24N4O2S. The van der Waals surface area contributed by atoms with Gasteiger partial charge in [0.15, 0.2) is 5.16 Å². The fourth-order valence-electron chi connectivity index (χ4n) is 4.04. The number of hydrogen-bond acceptors (Lipinski definition) is 5. The first-order valence-corrected chi connectivity index (χ1v) is 10.6. The molecule has 1 aromatic heterocycles. The maximum atomic E-state index is 12.4. The van der Waals surface area contributed by atoms with Crippen molar-refractivity contribution in [3.8, 4) is 0 Å². The number of thioether (sulfide) groups is 1. The highest BCUT2D eigenvalue weighted by Gasteiger charge is 2.34. The van der Waals surface area contributed by atoms with Crippen molar-refractivity contribution in [3.05, 3.63) is 41.2 Å². The summed E-state index contributed by atoms with van der Waals surface area (Å²) in [6, 6.07) is 7.54. The van der Waals surface area contributed by atoms with Gasteiger partial charge in [-0.2, -0.15) is 0 Å². The van der Waals surface area contributed by atoms with Crippen LogP contribution >= 0.6 is 11.8 Å². The van der Waals surface area contributed by atoms with E-state index in [1.165, 1.54) is 37.0 Å². The number of aryl methyl sites for hydroxylation is 1. The molecule has 1 aliphatic heterocycles. The van der Waals surface area contributed by atoms with E-state index < -0.39 is 0 Å². The highest BCUT2D eigenvalue weighted by atomic mass is 32.2. The third kappa shape index (κ3) is 3.52. The van der Waals surface area contributed by atoms with Gasteiger partial charge in [-0.15, -0.1) is 10.2 Å². The predicted octanol–water partition coefficient (Wildman–Crippen LogP) is 3.87. The summed E-state index contributed by atoms with van der Waals surface area (Å²) >= 11 is 1.67. The Morgan fingerprint density at radius 2 is 1.70 bits per heavy atom. The van der Waals surface area contributed by atoms with Crippen LogP contribution in [0.5, 0.6) is 0 Å². The zero-order valence-corrected chi connectivity index (χ0v) is 16.4. The normalized spacial score (nSPS) is 17.6. The van der Waals surface area contributed by atoms with Crippen LogP contribution < -0.4 is 0 Å². The lowest BCUT2D eigenvalue weighted by molar-refractivity contribution is 0.0655. The Morgan fingerprint density at radius 3 is 2.37 bits per heavy atom. The molecule has 2 heterocycles. The molecule has 0 unspecified atom stereocenters. The maximum Gasteiger partial charge on any atom is 0.261 e. The molecule has 0 N–H and O–H groups in total. The first-order chi connectivity index (χ1) is 13.2. The monoisotopic (exact) mass is 384 g/mol. The fraction of sp³-hybridized carbons (Fsp3) is 0.500. The van der Waals surface area contributed by atoms with Gasteiger partial charge in [0.25, 0.3) is 11.8 Å². The van der Waals surface area contributed by atoms with Gasteiger partial charge < -0.3 is 4.57 Å². The van der Waals surface area contributed by atoms with Crippen LogP contribution in [0, 0.1) is 6.92 Å². The molecule has 0 saturated heterocycles. The number of aromatic nitrogens is 3. The Kier molecular flexibility index (Phi) is 5.29. The summed E-state index contributed by atoms with van der Waals surface area (Å²) < 4.78 is 2.28. The van der Waals surface area contributed by atoms with Crippen molar-refractivity contribution in [1.29, 1.82) is 0 Å². The molecule has 4 rings (SSSR count). The van der Waals surface area contributed by atoms with Crippen LogP contribution in [0.15, 0.2) is 29.4 Å². The van der Waals surface area contributed by atoms with Gasteiger partial charge >= 0.3 is 0 Å². The molecular weight excluding hydrogens is 360 g/mol. The Balaban J connectivity index is 1.34. The maximum absolute atomic E-state index is 12.4. The SMILES string of the molecule is Cc1nnc(SCCCN2C(=O)c3ccccc3C2=O)n1C1CCCCC1. The van der Waals surface area contributed by atoms with E-state index in [0.29, 0.717) is 23.7 Å². The van der Waals surface area contributed by atoms with Gasteiger partial charge in [0.2, 0.25) is 0 Å². The average molecular weight is 385 g/mol. The number of carbonyl (C=O) groups is 2. The van der Waals surface area contributed by atoms with E-state index >= 15 is 0 Å². The lowest BCUT2D eigenvalue weighted by Gasteiger charge is -2.25. The molecule has 1 aromatic carbocycles. The van der Waals surface area contributed by atoms with Crippen molar-refractivity contribution in [1.82, 2.24) is 19.7 Å². The zero-order valence-electron chi connectivity index (χ0n) is 15.6. The summed E-state index contributed by atoms with van der Waals surface area (Å²) in [7, 11) is 0. The van der Waals surface area contributed by atoms with Crippen molar-refractivity contribution in [2.24, 2.45) is 0 Å². The van der Waals surface area contributed by atoms with Crippen molar-refractivity contribution in [3.63, 3.8) is 0 Å². The summed E-state index contributed by atoms with van der Waals surface area (Å²) in [4.78, 5) is 26.2. The molecule has 2 amide bonds. The molecule has 0 spiro atoms. The first kappa shape index (κ1) is 18.2. The number of hydrogen-bond donors (Lipinski definition) is 0. The highest BCUT2D eigenvalue weighted by Crippen LogP contribution is 2.32. The summed E-state index contributed by atoms with van der Waals surface area (Å²) in [6.07, 6.45) is 6.99. The van der Waals surface area contributed by atoms with Gasteiger partial charge in [-0.1, -0.05) is 43.2 Å². The van der Waals surface area contributed by atoms with Gasteiger partial charge in [0, 0.05) is 18.3 Å². The summed E-state index contributed by atoms with van der Waals surface area (Å²) in [5.74, 6) is 1.42. The Morgan fingerprint density at radius 1 is 1.04 bits per heavy atom. The minimum Gasteiger partial charge on any atom is -0.303 e. The number of fused-ring (bicyclic) bond motifs is 1. The molecule has 1 fully saturated rings. The van der Waals surface area contributed by atoms with Gasteiger partial charge in [0.1, 0.15) is 5.82 Å². The van der Waals surface area contributed by atoms with E-state index in [-0.39, 0.29) is 11.8 Å². The van der Waals surface area contributed by atoms with Gasteiger partial charge in [-0.25, -0.2) is 0 Å². The number of rotatable bonds is 6. The Labute approximate surface area is 163 Å². The van der Waals surface area contributed by atoms with Crippen LogP contribution in [-0.2, 0) is 0 Å². The van der Waals surface area contributed by atoms with E-state index in [2.05, 4.69) is 14.8 Å². The zero-order chi connectivity index (χ0) is 18.8. The molecule has 1 saturated carbocycles. The van der Waals surface area contributed by atoms with Crippen LogP contribution in [0.1, 0.15) is 71.1 Å². The van der Waals surface area contributed by atoms with Gasteiger partial charge in [-0.05, 0) is 38.3 Å². The second kappa shape index (κ2) is 7.84. The average Bonchev–Trinajstić information content (AvgIpc) is 3.18. The minimum atomic E-state index is -0.179. The van der Waals surface area contributed by atoms with E-state index in [0.717, 1.165) is 23.2 Å². The lowest BCUT2D eigenvalue weighted by atomic mass is 9.95. The van der Waals surface area contributed by atoms with Gasteiger partial charge in [0.05, 0.1) is 11.1 Å². The van der Waals surface area contributed by atoms with Crippen molar-refractivity contribution >= 4 is 23.6 Å². The molecule has 1 aliphatic carbocycles. The van der Waals surface area contributed by atoms with E-state index in [1.54, 1.807) is 36.0 Å². The Bertz CT molecular complexity index is 822. The van der Waals surface area contributed by atoms with Crippen LogP contribution in [0.3, 0.4) is 0 Å². The number of nitrogens with zero attached hydrogens (tertiary/aromatic N) is 4. The van der Waals surface area contributed by atoms with Crippen molar-refractivity contribution < 1.29 is 9.59 Å². The van der Waals surface area contributed by atoms with E-state index in [4.69, 9.17) is 0 Å². The summed E-state index contributed by atoms with van der Waals surface area (Å²) in [6.45, 7) is 2.46. The quantitative estimate of drug-likeness (QED) is 0.430. The third-order valence-corrected chi connectivity index (χ3v) is 6.44. The van der Waals surface area contributed by atoms with Crippen LogP contribution in [-0.4, -0.2) is 43.8 Å². The molecule has 7 heteroatoms. The molecule has 2 aromatic rings. The van der Waals surface area contributed by atoms with Crippen LogP contribution in [0.2, 0.25) is 0 Å². The van der Waals surface area contributed by atoms with Crippen molar-refractivity contribution in [2.75, 3.05) is 12.3 Å². The molecule has 6 nitrogen and oxygen atoms in total. The molecule has 0 atom stereocenters. The first-order valence-electron chi connectivity index (χ1n) is 9.66. The third-order valence-electron chi connectivity index (χ3n) is 5.41. The predicted molar refractivity (Wildman–Crippen MR) is 104 cm³/mol. The minimum absolute atomic E-state index is 0.179. The molecule has 0 radical (unpaired) electrons. The van der Waals surface area contributed by atoms with Crippen molar-refractivity contribution in [2.45, 2.75) is 56.6 Å². The number of benzene rings is 1. The summed E-state index contributed by atoms with van der Waals surface area (Å²) in [5.41, 5.74) is 1.03. The number of amides is 2. The lowest BCUT2D eigenvalue weighted by Crippen LogP contribution is -2.31. The topological polar surface area (TPSA) is 68.1 Å². The highest BCUT2D eigenvalue weighted by molar-refractivity contribution is 7.99. The fourth-order valence-corrected chi connectivity index (χ4v) is 5.01. The van der Waals surface area contributed by atoms with Gasteiger partial charge in [-0.3, -0.25) is 14.5 Å². The number of imide groups is 1. The Hall–Kier alpha value is -2.15. The largest absolute Gasteiger partial charge is 0.303 e. The molecule has 142 valence electrons. The molecule has 27 heavy (non-hydrogen) atoms.